The van der Waals surface area contributed by atoms with Crippen molar-refractivity contribution < 1.29 is 9.59 Å². The number of fused-ring (bicyclic) bond motifs is 1. The summed E-state index contributed by atoms with van der Waals surface area (Å²) < 4.78 is 3.84. The van der Waals surface area contributed by atoms with Gasteiger partial charge in [0.25, 0.3) is 11.8 Å². The molecule has 0 saturated heterocycles. The van der Waals surface area contributed by atoms with Gasteiger partial charge in [0.05, 0.1) is 11.4 Å². The predicted octanol–water partition coefficient (Wildman–Crippen LogP) is 1.88. The molecule has 2 aromatic heterocycles. The molecular weight excluding hydrogens is 322 g/mol. The van der Waals surface area contributed by atoms with Gasteiger partial charge in [-0.3, -0.25) is 14.9 Å². The van der Waals surface area contributed by atoms with E-state index in [0.717, 1.165) is 42.9 Å². The van der Waals surface area contributed by atoms with Crippen LogP contribution in [0.15, 0.2) is 0 Å². The number of rotatable bonds is 4. The van der Waals surface area contributed by atoms with Crippen LogP contribution in [0, 0.1) is 0 Å². The van der Waals surface area contributed by atoms with Gasteiger partial charge in [-0.1, -0.05) is 29.2 Å². The second-order valence-electron chi connectivity index (χ2n) is 4.91. The maximum absolute atomic E-state index is 12.3. The van der Waals surface area contributed by atoms with Crippen LogP contribution < -0.4 is 10.6 Å². The molecule has 0 aliphatic carbocycles. The maximum atomic E-state index is 12.3. The van der Waals surface area contributed by atoms with Gasteiger partial charge in [0, 0.05) is 6.54 Å². The van der Waals surface area contributed by atoms with Gasteiger partial charge in [-0.2, -0.15) is 0 Å². The standard InChI is InChI=1S/C13H15N5O2S2/c1-2-4-8-10(22-18-17-8)12(20)16-13-15-7-5-3-6-14-11(19)9(7)21-13/h2-6H2,1H3,(H,14,19)(H,15,16,20). The molecule has 3 rings (SSSR count). The summed E-state index contributed by atoms with van der Waals surface area (Å²) in [5, 5.41) is 10.0. The summed E-state index contributed by atoms with van der Waals surface area (Å²) in [5.74, 6) is -0.376. The highest BCUT2D eigenvalue weighted by atomic mass is 32.1. The van der Waals surface area contributed by atoms with Crippen molar-refractivity contribution in [3.05, 3.63) is 21.1 Å². The molecule has 0 atom stereocenters. The highest BCUT2D eigenvalue weighted by molar-refractivity contribution is 7.18. The number of thiazole rings is 1. The molecule has 0 fully saturated rings. The van der Waals surface area contributed by atoms with Crippen LogP contribution in [0.5, 0.6) is 0 Å². The molecule has 0 bridgehead atoms. The SMILES string of the molecule is CCCc1nnsc1C(=O)Nc1nc2c(s1)C(=O)NCCC2. The Bertz CT molecular complexity index is 709. The Morgan fingerprint density at radius 2 is 2.32 bits per heavy atom. The third-order valence-corrected chi connectivity index (χ3v) is 5.03. The highest BCUT2D eigenvalue weighted by Crippen LogP contribution is 2.26. The minimum absolute atomic E-state index is 0.114. The lowest BCUT2D eigenvalue weighted by molar-refractivity contribution is 0.0958. The Morgan fingerprint density at radius 3 is 3.14 bits per heavy atom. The van der Waals surface area contributed by atoms with Gasteiger partial charge < -0.3 is 5.32 Å². The second kappa shape index (κ2) is 6.49. The molecule has 1 aliphatic heterocycles. The first-order valence-corrected chi connectivity index (χ1v) is 8.68. The summed E-state index contributed by atoms with van der Waals surface area (Å²) >= 11 is 2.29. The summed E-state index contributed by atoms with van der Waals surface area (Å²) in [6.07, 6.45) is 3.21. The Morgan fingerprint density at radius 1 is 1.45 bits per heavy atom. The fraction of sp³-hybridized carbons (Fsp3) is 0.462. The average molecular weight is 337 g/mol. The monoisotopic (exact) mass is 337 g/mol. The normalized spacial score (nSPS) is 14.1. The van der Waals surface area contributed by atoms with E-state index in [1.165, 1.54) is 11.3 Å². The van der Waals surface area contributed by atoms with E-state index in [1.807, 2.05) is 6.92 Å². The van der Waals surface area contributed by atoms with Crippen molar-refractivity contribution in [2.45, 2.75) is 32.6 Å². The molecule has 0 radical (unpaired) electrons. The number of anilines is 1. The van der Waals surface area contributed by atoms with Crippen LogP contribution in [0.4, 0.5) is 5.13 Å². The highest BCUT2D eigenvalue weighted by Gasteiger charge is 2.23. The Hall–Kier alpha value is -1.87. The fourth-order valence-corrected chi connectivity index (χ4v) is 3.75. The Kier molecular flexibility index (Phi) is 4.44. The minimum atomic E-state index is -0.261. The first kappa shape index (κ1) is 15.0. The summed E-state index contributed by atoms with van der Waals surface area (Å²) in [4.78, 5) is 29.7. The van der Waals surface area contributed by atoms with Gasteiger partial charge in [0.2, 0.25) is 0 Å². The third-order valence-electron chi connectivity index (χ3n) is 3.25. The molecule has 7 nitrogen and oxygen atoms in total. The van der Waals surface area contributed by atoms with Crippen LogP contribution in [0.3, 0.4) is 0 Å². The van der Waals surface area contributed by atoms with Crippen molar-refractivity contribution in [2.75, 3.05) is 11.9 Å². The van der Waals surface area contributed by atoms with E-state index in [2.05, 4.69) is 25.2 Å². The molecule has 2 aromatic rings. The number of hydrogen-bond acceptors (Lipinski definition) is 7. The lowest BCUT2D eigenvalue weighted by Gasteiger charge is -2.00. The molecule has 2 amide bonds. The maximum Gasteiger partial charge on any atom is 0.271 e. The average Bonchev–Trinajstić information content (AvgIpc) is 3.07. The number of aryl methyl sites for hydroxylation is 2. The number of carbonyl (C=O) groups excluding carboxylic acids is 2. The van der Waals surface area contributed by atoms with E-state index in [1.54, 1.807) is 0 Å². The van der Waals surface area contributed by atoms with Crippen LogP contribution in [0.25, 0.3) is 0 Å². The summed E-state index contributed by atoms with van der Waals surface area (Å²) in [7, 11) is 0. The van der Waals surface area contributed by atoms with Crippen molar-refractivity contribution in [1.29, 1.82) is 0 Å². The number of nitrogens with zero attached hydrogens (tertiary/aromatic N) is 3. The molecule has 0 saturated carbocycles. The molecule has 116 valence electrons. The first-order chi connectivity index (χ1) is 10.7. The number of amides is 2. The third kappa shape index (κ3) is 3.00. The van der Waals surface area contributed by atoms with Crippen molar-refractivity contribution >= 4 is 39.8 Å². The minimum Gasteiger partial charge on any atom is -0.351 e. The predicted molar refractivity (Wildman–Crippen MR) is 84.6 cm³/mol. The molecule has 1 aliphatic rings. The number of hydrogen-bond donors (Lipinski definition) is 2. The molecular formula is C13H15N5O2S2. The molecule has 2 N–H and O–H groups in total. The van der Waals surface area contributed by atoms with E-state index in [4.69, 9.17) is 0 Å². The number of nitrogens with one attached hydrogen (secondary N) is 2. The summed E-state index contributed by atoms with van der Waals surface area (Å²) in [6.45, 7) is 2.69. The zero-order chi connectivity index (χ0) is 15.5. The van der Waals surface area contributed by atoms with E-state index in [0.29, 0.717) is 27.1 Å². The van der Waals surface area contributed by atoms with Crippen molar-refractivity contribution in [3.63, 3.8) is 0 Å². The second-order valence-corrected chi connectivity index (χ2v) is 6.66. The van der Waals surface area contributed by atoms with Crippen LogP contribution in [-0.4, -0.2) is 32.9 Å². The number of aromatic nitrogens is 3. The molecule has 0 aromatic carbocycles. The van der Waals surface area contributed by atoms with Gasteiger partial charge in [0.1, 0.15) is 9.75 Å². The van der Waals surface area contributed by atoms with Gasteiger partial charge in [-0.25, -0.2) is 4.98 Å². The van der Waals surface area contributed by atoms with E-state index in [-0.39, 0.29) is 11.8 Å². The molecule has 0 unspecified atom stereocenters. The largest absolute Gasteiger partial charge is 0.351 e. The zero-order valence-corrected chi connectivity index (χ0v) is 13.6. The smallest absolute Gasteiger partial charge is 0.271 e. The van der Waals surface area contributed by atoms with Gasteiger partial charge >= 0.3 is 0 Å². The van der Waals surface area contributed by atoms with Crippen LogP contribution in [0.1, 0.15) is 50.5 Å². The van der Waals surface area contributed by atoms with Crippen molar-refractivity contribution in [2.24, 2.45) is 0 Å². The molecule has 0 spiro atoms. The molecule has 3 heterocycles. The van der Waals surface area contributed by atoms with Crippen LogP contribution >= 0.6 is 22.9 Å². The van der Waals surface area contributed by atoms with E-state index in [9.17, 15) is 9.59 Å². The van der Waals surface area contributed by atoms with E-state index < -0.39 is 0 Å². The van der Waals surface area contributed by atoms with Crippen molar-refractivity contribution in [3.8, 4) is 0 Å². The number of carbonyl (C=O) groups is 2. The molecule has 9 heteroatoms. The van der Waals surface area contributed by atoms with E-state index >= 15 is 0 Å². The topological polar surface area (TPSA) is 96.9 Å². The summed E-state index contributed by atoms with van der Waals surface area (Å²) in [6, 6.07) is 0. The lowest BCUT2D eigenvalue weighted by atomic mass is 10.2. The quantitative estimate of drug-likeness (QED) is 0.888. The van der Waals surface area contributed by atoms with Gasteiger partial charge in [0.15, 0.2) is 5.13 Å². The van der Waals surface area contributed by atoms with Gasteiger partial charge in [-0.05, 0) is 30.8 Å². The Labute approximate surface area is 135 Å². The van der Waals surface area contributed by atoms with Crippen molar-refractivity contribution in [1.82, 2.24) is 19.9 Å². The van der Waals surface area contributed by atoms with Crippen LogP contribution in [0.2, 0.25) is 0 Å². The lowest BCUT2D eigenvalue weighted by Crippen LogP contribution is -2.21. The Balaban J connectivity index is 1.78. The fourth-order valence-electron chi connectivity index (χ4n) is 2.23. The molecule has 22 heavy (non-hydrogen) atoms. The first-order valence-electron chi connectivity index (χ1n) is 7.09. The zero-order valence-electron chi connectivity index (χ0n) is 12.0. The van der Waals surface area contributed by atoms with Crippen LogP contribution in [-0.2, 0) is 12.8 Å². The van der Waals surface area contributed by atoms with Gasteiger partial charge in [-0.15, -0.1) is 5.10 Å². The summed E-state index contributed by atoms with van der Waals surface area (Å²) in [5.41, 5.74) is 1.47.